The molecule has 2 aromatic rings. The van der Waals surface area contributed by atoms with E-state index >= 15 is 0 Å². The van der Waals surface area contributed by atoms with Crippen molar-refractivity contribution in [2.24, 2.45) is 7.05 Å². The largest absolute Gasteiger partial charge is 0.370 e. The average molecular weight is 276 g/mol. The molecule has 0 aromatic carbocycles. The van der Waals surface area contributed by atoms with Crippen LogP contribution in [0, 0.1) is 13.8 Å². The van der Waals surface area contributed by atoms with Gasteiger partial charge in [0.15, 0.2) is 0 Å². The molecule has 0 atom stereocenters. The normalized spacial score (nSPS) is 17.2. The van der Waals surface area contributed by atoms with E-state index in [1.165, 1.54) is 0 Å². The van der Waals surface area contributed by atoms with E-state index in [0.29, 0.717) is 18.1 Å². The molecule has 2 heterocycles. The summed E-state index contributed by atoms with van der Waals surface area (Å²) < 4.78 is 12.8. The van der Waals surface area contributed by atoms with Gasteiger partial charge < -0.3 is 9.26 Å². The molecule has 0 bridgehead atoms. The zero-order valence-corrected chi connectivity index (χ0v) is 12.4. The second-order valence-corrected chi connectivity index (χ2v) is 5.51. The quantitative estimate of drug-likeness (QED) is 0.855. The fraction of sp³-hybridized carbons (Fsp3) is 0.643. The van der Waals surface area contributed by atoms with Crippen LogP contribution >= 0.6 is 0 Å². The van der Waals surface area contributed by atoms with Crippen molar-refractivity contribution < 1.29 is 9.26 Å². The van der Waals surface area contributed by atoms with Crippen molar-refractivity contribution in [1.29, 1.82) is 0 Å². The molecule has 1 fully saturated rings. The number of aromatic nitrogens is 4. The first-order valence-electron chi connectivity index (χ1n) is 6.93. The fourth-order valence-corrected chi connectivity index (χ4v) is 2.75. The van der Waals surface area contributed by atoms with Gasteiger partial charge in [0.1, 0.15) is 5.60 Å². The molecule has 0 amide bonds. The minimum absolute atomic E-state index is 0.319. The second kappa shape index (κ2) is 4.70. The lowest BCUT2D eigenvalue weighted by atomic mass is 9.79. The van der Waals surface area contributed by atoms with Crippen LogP contribution in [-0.2, 0) is 23.8 Å². The van der Waals surface area contributed by atoms with Crippen LogP contribution in [0.1, 0.15) is 47.9 Å². The van der Waals surface area contributed by atoms with Gasteiger partial charge in [0, 0.05) is 25.4 Å². The summed E-state index contributed by atoms with van der Waals surface area (Å²) in [5.74, 6) is 1.31. The van der Waals surface area contributed by atoms with E-state index in [2.05, 4.69) is 22.2 Å². The van der Waals surface area contributed by atoms with Gasteiger partial charge in [-0.1, -0.05) is 5.16 Å². The van der Waals surface area contributed by atoms with Gasteiger partial charge in [0.05, 0.1) is 12.1 Å². The lowest BCUT2D eigenvalue weighted by Gasteiger charge is -2.37. The number of rotatable bonds is 4. The highest BCUT2D eigenvalue weighted by Crippen LogP contribution is 2.42. The topological polar surface area (TPSA) is 66.0 Å². The van der Waals surface area contributed by atoms with Crippen LogP contribution in [0.25, 0.3) is 0 Å². The van der Waals surface area contributed by atoms with Gasteiger partial charge >= 0.3 is 0 Å². The third kappa shape index (κ3) is 1.95. The van der Waals surface area contributed by atoms with Crippen molar-refractivity contribution in [3.05, 3.63) is 28.7 Å². The van der Waals surface area contributed by atoms with Crippen LogP contribution in [0.4, 0.5) is 0 Å². The van der Waals surface area contributed by atoms with E-state index in [4.69, 9.17) is 9.26 Å². The van der Waals surface area contributed by atoms with Crippen LogP contribution in [-0.4, -0.2) is 27.0 Å². The predicted molar refractivity (Wildman–Crippen MR) is 72.3 cm³/mol. The van der Waals surface area contributed by atoms with E-state index < -0.39 is 0 Å². The molecule has 2 aromatic heterocycles. The molecule has 1 saturated carbocycles. The van der Waals surface area contributed by atoms with Crippen molar-refractivity contribution in [1.82, 2.24) is 19.9 Å². The molecule has 0 saturated heterocycles. The first kappa shape index (κ1) is 13.3. The Kier molecular flexibility index (Phi) is 3.12. The lowest BCUT2D eigenvalue weighted by molar-refractivity contribution is -0.0858. The summed E-state index contributed by atoms with van der Waals surface area (Å²) in [6.45, 7) is 4.05. The molecule has 0 spiro atoms. The second-order valence-electron chi connectivity index (χ2n) is 5.51. The molecule has 20 heavy (non-hydrogen) atoms. The SMILES string of the molecule is COC1(c2noc(Cc3c(C)nn(C)c3C)n2)CCC1. The van der Waals surface area contributed by atoms with Crippen molar-refractivity contribution in [2.75, 3.05) is 7.11 Å². The van der Waals surface area contributed by atoms with Gasteiger partial charge in [-0.05, 0) is 33.1 Å². The number of aryl methyl sites for hydroxylation is 2. The molecule has 3 rings (SSSR count). The maximum atomic E-state index is 5.57. The summed E-state index contributed by atoms with van der Waals surface area (Å²) >= 11 is 0. The zero-order valence-electron chi connectivity index (χ0n) is 12.4. The van der Waals surface area contributed by atoms with Gasteiger partial charge in [0.2, 0.25) is 11.7 Å². The molecule has 0 aliphatic heterocycles. The van der Waals surface area contributed by atoms with Crippen LogP contribution in [0.5, 0.6) is 0 Å². The van der Waals surface area contributed by atoms with Crippen molar-refractivity contribution in [3.63, 3.8) is 0 Å². The summed E-state index contributed by atoms with van der Waals surface area (Å²) in [7, 11) is 3.66. The maximum absolute atomic E-state index is 5.57. The number of ether oxygens (including phenoxy) is 1. The summed E-state index contributed by atoms with van der Waals surface area (Å²) in [4.78, 5) is 4.52. The molecule has 1 aliphatic rings. The molecule has 1 aliphatic carbocycles. The Morgan fingerprint density at radius 2 is 2.10 bits per heavy atom. The van der Waals surface area contributed by atoms with E-state index in [-0.39, 0.29) is 5.60 Å². The Hall–Kier alpha value is -1.69. The molecule has 6 heteroatoms. The average Bonchev–Trinajstić information content (AvgIpc) is 2.91. The molecule has 108 valence electrons. The highest BCUT2D eigenvalue weighted by atomic mass is 16.5. The highest BCUT2D eigenvalue weighted by Gasteiger charge is 2.43. The first-order valence-corrected chi connectivity index (χ1v) is 6.93. The Bertz CT molecular complexity index is 620. The number of methoxy groups -OCH3 is 1. The summed E-state index contributed by atoms with van der Waals surface area (Å²) in [5, 5.41) is 8.51. The number of nitrogens with zero attached hydrogens (tertiary/aromatic N) is 4. The Balaban J connectivity index is 1.84. The summed E-state index contributed by atoms with van der Waals surface area (Å²) in [5.41, 5.74) is 2.98. The molecule has 6 nitrogen and oxygen atoms in total. The third-order valence-electron chi connectivity index (χ3n) is 4.41. The minimum atomic E-state index is -0.319. The molecule has 0 radical (unpaired) electrons. The predicted octanol–water partition coefficient (Wildman–Crippen LogP) is 2.04. The van der Waals surface area contributed by atoms with Gasteiger partial charge in [0.25, 0.3) is 0 Å². The first-order chi connectivity index (χ1) is 9.55. The molecular weight excluding hydrogens is 256 g/mol. The smallest absolute Gasteiger partial charge is 0.231 e. The molecular formula is C14H20N4O2. The van der Waals surface area contributed by atoms with Gasteiger partial charge in [-0.2, -0.15) is 10.1 Å². The van der Waals surface area contributed by atoms with Crippen LogP contribution < -0.4 is 0 Å². The number of hydrogen-bond donors (Lipinski definition) is 0. The number of hydrogen-bond acceptors (Lipinski definition) is 5. The Morgan fingerprint density at radius 3 is 2.60 bits per heavy atom. The van der Waals surface area contributed by atoms with E-state index in [0.717, 1.165) is 36.2 Å². The summed E-state index contributed by atoms with van der Waals surface area (Å²) in [6.07, 6.45) is 3.71. The van der Waals surface area contributed by atoms with Crippen LogP contribution in [0.3, 0.4) is 0 Å². The van der Waals surface area contributed by atoms with Crippen LogP contribution in [0.2, 0.25) is 0 Å². The maximum Gasteiger partial charge on any atom is 0.231 e. The van der Waals surface area contributed by atoms with Crippen molar-refractivity contribution >= 4 is 0 Å². The Labute approximate surface area is 118 Å². The third-order valence-corrected chi connectivity index (χ3v) is 4.41. The highest BCUT2D eigenvalue weighted by molar-refractivity contribution is 5.27. The van der Waals surface area contributed by atoms with E-state index in [1.54, 1.807) is 7.11 Å². The Morgan fingerprint density at radius 1 is 1.35 bits per heavy atom. The van der Waals surface area contributed by atoms with Crippen molar-refractivity contribution in [2.45, 2.75) is 45.1 Å². The van der Waals surface area contributed by atoms with Gasteiger partial charge in [-0.25, -0.2) is 0 Å². The standard InChI is InChI=1S/C14H20N4O2/c1-9-11(10(2)18(3)16-9)8-12-15-13(17-20-12)14(19-4)6-5-7-14/h5-8H2,1-4H3. The molecule has 0 unspecified atom stereocenters. The van der Waals surface area contributed by atoms with Crippen LogP contribution in [0.15, 0.2) is 4.52 Å². The van der Waals surface area contributed by atoms with Gasteiger partial charge in [-0.15, -0.1) is 0 Å². The van der Waals surface area contributed by atoms with E-state index in [9.17, 15) is 0 Å². The molecule has 0 N–H and O–H groups in total. The summed E-state index contributed by atoms with van der Waals surface area (Å²) in [6, 6.07) is 0. The zero-order chi connectivity index (χ0) is 14.3. The minimum Gasteiger partial charge on any atom is -0.370 e. The van der Waals surface area contributed by atoms with Gasteiger partial charge in [-0.3, -0.25) is 4.68 Å². The fourth-order valence-electron chi connectivity index (χ4n) is 2.75. The monoisotopic (exact) mass is 276 g/mol. The lowest BCUT2D eigenvalue weighted by Crippen LogP contribution is -2.37. The van der Waals surface area contributed by atoms with Crippen molar-refractivity contribution in [3.8, 4) is 0 Å². The van der Waals surface area contributed by atoms with E-state index in [1.807, 2.05) is 18.7 Å².